The van der Waals surface area contributed by atoms with Crippen LogP contribution in [0.4, 0.5) is 23.4 Å². The first-order chi connectivity index (χ1) is 17.6. The van der Waals surface area contributed by atoms with Crippen molar-refractivity contribution in [1.29, 1.82) is 0 Å². The monoisotopic (exact) mass is 593 g/mol. The summed E-state index contributed by atoms with van der Waals surface area (Å²) in [5, 5.41) is 4.11. The predicted octanol–water partition coefficient (Wildman–Crippen LogP) is 5.84. The molecule has 5 rings (SSSR count). The molecule has 0 radical (unpaired) electrons. The van der Waals surface area contributed by atoms with E-state index >= 15 is 0 Å². The zero-order valence-corrected chi connectivity index (χ0v) is 21.0. The Labute approximate surface area is 216 Å². The number of pyridine rings is 1. The van der Waals surface area contributed by atoms with Crippen LogP contribution >= 0.6 is 15.9 Å². The van der Waals surface area contributed by atoms with Crippen LogP contribution < -0.4 is 4.31 Å². The van der Waals surface area contributed by atoms with Crippen LogP contribution in [-0.2, 0) is 22.7 Å². The van der Waals surface area contributed by atoms with Crippen molar-refractivity contribution in [3.05, 3.63) is 107 Å². The first-order valence-electron chi connectivity index (χ1n) is 10.7. The maximum absolute atomic E-state index is 14.3. The largest absolute Gasteiger partial charge is 0.419 e. The van der Waals surface area contributed by atoms with Gasteiger partial charge in [0.2, 0.25) is 0 Å². The first-order valence-corrected chi connectivity index (χ1v) is 12.9. The van der Waals surface area contributed by atoms with Crippen LogP contribution in [0.25, 0.3) is 11.3 Å². The number of nitrogens with zero attached hydrogens (tertiary/aromatic N) is 5. The van der Waals surface area contributed by atoms with E-state index in [1.165, 1.54) is 12.1 Å². The highest BCUT2D eigenvalue weighted by molar-refractivity contribution is 9.10. The van der Waals surface area contributed by atoms with Gasteiger partial charge in [0.05, 0.1) is 22.7 Å². The van der Waals surface area contributed by atoms with Gasteiger partial charge in [-0.15, -0.1) is 0 Å². The molecule has 5 aromatic rings. The van der Waals surface area contributed by atoms with E-state index in [9.17, 15) is 26.0 Å². The van der Waals surface area contributed by atoms with Gasteiger partial charge in [-0.3, -0.25) is 4.40 Å². The number of rotatable bonds is 6. The average molecular weight is 594 g/mol. The highest BCUT2D eigenvalue weighted by Gasteiger charge is 2.35. The molecule has 0 saturated heterocycles. The molecule has 13 heteroatoms. The SMILES string of the molecule is O=S(=O)(c1ccc(-n2cccn2)cc1)N(Cc1ccc(C(F)(F)F)c(F)c1)c1nc2ccccn2c1Br. The molecule has 0 spiro atoms. The molecular formula is C24H16BrF4N5O2S. The second kappa shape index (κ2) is 9.30. The zero-order chi connectivity index (χ0) is 26.4. The Balaban J connectivity index is 1.60. The molecule has 2 aromatic carbocycles. The minimum atomic E-state index is -4.88. The smallest absolute Gasteiger partial charge is 0.292 e. The maximum Gasteiger partial charge on any atom is 0.419 e. The Morgan fingerprint density at radius 2 is 1.73 bits per heavy atom. The van der Waals surface area contributed by atoms with Gasteiger partial charge in [-0.05, 0) is 76.1 Å². The summed E-state index contributed by atoms with van der Waals surface area (Å²) in [6, 6.07) is 15.0. The molecule has 0 atom stereocenters. The summed E-state index contributed by atoms with van der Waals surface area (Å²) < 4.78 is 85.5. The minimum Gasteiger partial charge on any atom is -0.292 e. The Kier molecular flexibility index (Phi) is 6.28. The maximum atomic E-state index is 14.3. The van der Waals surface area contributed by atoms with Crippen molar-refractivity contribution < 1.29 is 26.0 Å². The number of aromatic nitrogens is 4. The van der Waals surface area contributed by atoms with Gasteiger partial charge in [0.15, 0.2) is 5.82 Å². The van der Waals surface area contributed by atoms with Crippen molar-refractivity contribution >= 4 is 37.4 Å². The third-order valence-electron chi connectivity index (χ3n) is 5.55. The van der Waals surface area contributed by atoms with Crippen LogP contribution in [0.5, 0.6) is 0 Å². The summed E-state index contributed by atoms with van der Waals surface area (Å²) in [7, 11) is -4.31. The Morgan fingerprint density at radius 1 is 0.973 bits per heavy atom. The summed E-state index contributed by atoms with van der Waals surface area (Å²) in [5.41, 5.74) is -0.383. The number of fused-ring (bicyclic) bond motifs is 1. The van der Waals surface area contributed by atoms with Crippen molar-refractivity contribution in [2.45, 2.75) is 17.6 Å². The van der Waals surface area contributed by atoms with E-state index in [0.717, 1.165) is 10.4 Å². The molecule has 0 bridgehead atoms. The number of halogens is 5. The summed E-state index contributed by atoms with van der Waals surface area (Å²) in [5.74, 6) is -1.51. The summed E-state index contributed by atoms with van der Waals surface area (Å²) in [6.45, 7) is -0.471. The summed E-state index contributed by atoms with van der Waals surface area (Å²) >= 11 is 3.38. The summed E-state index contributed by atoms with van der Waals surface area (Å²) in [4.78, 5) is 4.32. The number of alkyl halides is 3. The molecule has 0 unspecified atom stereocenters. The molecule has 0 aliphatic carbocycles. The topological polar surface area (TPSA) is 72.5 Å². The van der Waals surface area contributed by atoms with E-state index in [1.54, 1.807) is 64.1 Å². The van der Waals surface area contributed by atoms with Gasteiger partial charge in [-0.1, -0.05) is 12.1 Å². The molecule has 37 heavy (non-hydrogen) atoms. The van der Waals surface area contributed by atoms with Crippen molar-refractivity contribution in [3.63, 3.8) is 0 Å². The van der Waals surface area contributed by atoms with Crippen LogP contribution in [-0.4, -0.2) is 27.6 Å². The minimum absolute atomic E-state index is 0.00573. The second-order valence-electron chi connectivity index (χ2n) is 7.92. The normalized spacial score (nSPS) is 12.2. The molecule has 0 N–H and O–H groups in total. The lowest BCUT2D eigenvalue weighted by Gasteiger charge is -2.23. The van der Waals surface area contributed by atoms with Gasteiger partial charge in [-0.25, -0.2) is 26.8 Å². The van der Waals surface area contributed by atoms with E-state index in [1.807, 2.05) is 0 Å². The fraction of sp³-hybridized carbons (Fsp3) is 0.0833. The number of hydrogen-bond acceptors (Lipinski definition) is 4. The first kappa shape index (κ1) is 25.0. The van der Waals surface area contributed by atoms with E-state index in [0.29, 0.717) is 28.1 Å². The van der Waals surface area contributed by atoms with Crippen LogP contribution in [0, 0.1) is 5.82 Å². The van der Waals surface area contributed by atoms with Crippen molar-refractivity contribution in [2.24, 2.45) is 0 Å². The lowest BCUT2D eigenvalue weighted by atomic mass is 10.1. The molecule has 0 amide bonds. The number of imidazole rings is 1. The number of benzene rings is 2. The molecule has 0 fully saturated rings. The van der Waals surface area contributed by atoms with Crippen LogP contribution in [0.1, 0.15) is 11.1 Å². The molecule has 190 valence electrons. The molecule has 3 heterocycles. The Hall–Kier alpha value is -3.71. The predicted molar refractivity (Wildman–Crippen MR) is 131 cm³/mol. The quantitative estimate of drug-likeness (QED) is 0.232. The lowest BCUT2D eigenvalue weighted by molar-refractivity contribution is -0.140. The fourth-order valence-electron chi connectivity index (χ4n) is 3.76. The molecule has 3 aromatic heterocycles. The van der Waals surface area contributed by atoms with Crippen LogP contribution in [0.15, 0.2) is 94.8 Å². The third-order valence-corrected chi connectivity index (χ3v) is 8.04. The lowest BCUT2D eigenvalue weighted by Crippen LogP contribution is -2.31. The van der Waals surface area contributed by atoms with Gasteiger partial charge in [0, 0.05) is 18.6 Å². The van der Waals surface area contributed by atoms with E-state index in [4.69, 9.17) is 0 Å². The van der Waals surface area contributed by atoms with Crippen LogP contribution in [0.2, 0.25) is 0 Å². The number of hydrogen-bond donors (Lipinski definition) is 0. The van der Waals surface area contributed by atoms with Crippen molar-refractivity contribution in [1.82, 2.24) is 19.2 Å². The number of sulfonamides is 1. The number of anilines is 1. The van der Waals surface area contributed by atoms with Crippen molar-refractivity contribution in [3.8, 4) is 5.69 Å². The highest BCUT2D eigenvalue weighted by atomic mass is 79.9. The molecule has 7 nitrogen and oxygen atoms in total. The second-order valence-corrected chi connectivity index (χ2v) is 10.5. The van der Waals surface area contributed by atoms with Crippen molar-refractivity contribution in [2.75, 3.05) is 4.31 Å². The van der Waals surface area contributed by atoms with Gasteiger partial charge < -0.3 is 0 Å². The van der Waals surface area contributed by atoms with Gasteiger partial charge in [-0.2, -0.15) is 18.3 Å². The average Bonchev–Trinajstić information content (AvgIpc) is 3.51. The third kappa shape index (κ3) is 4.71. The highest BCUT2D eigenvalue weighted by Crippen LogP contribution is 2.35. The zero-order valence-electron chi connectivity index (χ0n) is 18.6. The van der Waals surface area contributed by atoms with E-state index < -0.39 is 34.1 Å². The Bertz CT molecular complexity index is 1680. The van der Waals surface area contributed by atoms with Gasteiger partial charge in [0.25, 0.3) is 10.0 Å². The van der Waals surface area contributed by atoms with Gasteiger partial charge in [0.1, 0.15) is 16.1 Å². The van der Waals surface area contributed by atoms with E-state index in [2.05, 4.69) is 26.0 Å². The standard InChI is InChI=1S/C24H16BrF4N5O2S/c25-22-23(31-21-4-1-2-12-32(21)22)34(15-16-5-10-19(20(26)14-16)24(27,28)29)37(35,36)18-8-6-17(7-9-18)33-13-3-11-30-33/h1-14H,15H2. The molecule has 0 aliphatic rings. The molecule has 0 aliphatic heterocycles. The fourth-order valence-corrected chi connectivity index (χ4v) is 5.89. The van der Waals surface area contributed by atoms with Gasteiger partial charge >= 0.3 is 6.18 Å². The molecule has 0 saturated carbocycles. The molecular weight excluding hydrogens is 578 g/mol. The van der Waals surface area contributed by atoms with Crippen LogP contribution in [0.3, 0.4) is 0 Å². The summed E-state index contributed by atoms with van der Waals surface area (Å²) in [6.07, 6.45) is 0.0615. The Morgan fingerprint density at radius 3 is 2.35 bits per heavy atom. The van der Waals surface area contributed by atoms with E-state index in [-0.39, 0.29) is 16.3 Å².